The highest BCUT2D eigenvalue weighted by molar-refractivity contribution is 5.37. The predicted molar refractivity (Wildman–Crippen MR) is 64.7 cm³/mol. The molecule has 0 unspecified atom stereocenters. The summed E-state index contributed by atoms with van der Waals surface area (Å²) in [6.07, 6.45) is 3.51. The number of nitrogens with one attached hydrogen (secondary N) is 1. The van der Waals surface area contributed by atoms with Gasteiger partial charge in [0, 0.05) is 0 Å². The van der Waals surface area contributed by atoms with Gasteiger partial charge in [0.05, 0.1) is 25.2 Å². The summed E-state index contributed by atoms with van der Waals surface area (Å²) in [5, 5.41) is 7.12. The van der Waals surface area contributed by atoms with Gasteiger partial charge in [-0.25, -0.2) is 4.68 Å². The van der Waals surface area contributed by atoms with Gasteiger partial charge in [0.1, 0.15) is 12.5 Å². The maximum Gasteiger partial charge on any atom is 0.159 e. The molecule has 90 valence electrons. The Morgan fingerprint density at radius 3 is 2.65 bits per heavy atom. The molecule has 1 aromatic carbocycles. The molecule has 2 rings (SSSR count). The Kier molecular flexibility index (Phi) is 3.62. The predicted octanol–water partition coefficient (Wildman–Crippen LogP) is 1.44. The molecule has 5 nitrogen and oxygen atoms in total. The van der Waals surface area contributed by atoms with Crippen LogP contribution in [0.2, 0.25) is 0 Å². The number of aromatic nitrogens is 2. The quantitative estimate of drug-likeness (QED) is 0.794. The molecule has 5 heteroatoms. The minimum absolute atomic E-state index is 0.467. The molecular formula is C12H15N3O2. The van der Waals surface area contributed by atoms with Gasteiger partial charge in [0.2, 0.25) is 0 Å². The van der Waals surface area contributed by atoms with Crippen LogP contribution in [-0.2, 0) is 0 Å². The zero-order valence-corrected chi connectivity index (χ0v) is 9.88. The van der Waals surface area contributed by atoms with Crippen LogP contribution in [0.4, 0.5) is 0 Å². The normalized spacial score (nSPS) is 10.2. The van der Waals surface area contributed by atoms with E-state index >= 15 is 0 Å². The molecule has 0 saturated carbocycles. The van der Waals surface area contributed by atoms with E-state index in [0.29, 0.717) is 6.73 Å². The molecule has 0 aliphatic heterocycles. The van der Waals surface area contributed by atoms with Crippen LogP contribution in [0.1, 0.15) is 0 Å². The van der Waals surface area contributed by atoms with E-state index in [1.165, 1.54) is 0 Å². The minimum Gasteiger partial charge on any atom is -0.497 e. The van der Waals surface area contributed by atoms with E-state index in [0.717, 1.165) is 17.2 Å². The topological polar surface area (TPSA) is 48.3 Å². The first kappa shape index (κ1) is 11.5. The fourth-order valence-corrected chi connectivity index (χ4v) is 1.41. The molecule has 0 bridgehead atoms. The van der Waals surface area contributed by atoms with Crippen LogP contribution < -0.4 is 14.8 Å². The highest BCUT2D eigenvalue weighted by Gasteiger charge is 2.01. The summed E-state index contributed by atoms with van der Waals surface area (Å²) in [7, 11) is 3.47. The summed E-state index contributed by atoms with van der Waals surface area (Å²) < 4.78 is 12.2. The van der Waals surface area contributed by atoms with Crippen molar-refractivity contribution in [3.8, 4) is 17.2 Å². The molecule has 1 aromatic heterocycles. The average molecular weight is 233 g/mol. The molecule has 0 fully saturated rings. The summed E-state index contributed by atoms with van der Waals surface area (Å²) in [4.78, 5) is 0. The van der Waals surface area contributed by atoms with Crippen molar-refractivity contribution in [1.82, 2.24) is 15.1 Å². The maximum atomic E-state index is 5.38. The Bertz CT molecular complexity index is 465. The molecule has 17 heavy (non-hydrogen) atoms. The molecular weight excluding hydrogens is 218 g/mol. The van der Waals surface area contributed by atoms with Gasteiger partial charge >= 0.3 is 0 Å². The second-order valence-corrected chi connectivity index (χ2v) is 3.46. The second-order valence-electron chi connectivity index (χ2n) is 3.46. The van der Waals surface area contributed by atoms with Crippen molar-refractivity contribution in [3.05, 3.63) is 36.7 Å². The Hall–Kier alpha value is -2.01. The first-order valence-electron chi connectivity index (χ1n) is 5.30. The average Bonchev–Trinajstić information content (AvgIpc) is 2.85. The highest BCUT2D eigenvalue weighted by Crippen LogP contribution is 2.16. The second kappa shape index (κ2) is 5.36. The third-order valence-corrected chi connectivity index (χ3v) is 2.28. The van der Waals surface area contributed by atoms with Gasteiger partial charge in [-0.1, -0.05) is 0 Å². The molecule has 0 saturated heterocycles. The standard InChI is InChI=1S/C12H15N3O2/c1-13-9-17-12-7-14-15(8-12)10-3-5-11(16-2)6-4-10/h3-8,13H,9H2,1-2H3. The summed E-state index contributed by atoms with van der Waals surface area (Å²) in [6.45, 7) is 0.467. The van der Waals surface area contributed by atoms with Crippen molar-refractivity contribution in [2.24, 2.45) is 0 Å². The summed E-state index contributed by atoms with van der Waals surface area (Å²) in [5.41, 5.74) is 0.963. The Morgan fingerprint density at radius 2 is 2.00 bits per heavy atom. The molecule has 0 amide bonds. The molecule has 1 heterocycles. The van der Waals surface area contributed by atoms with Gasteiger partial charge in [-0.05, 0) is 31.3 Å². The van der Waals surface area contributed by atoms with Crippen LogP contribution in [-0.4, -0.2) is 30.7 Å². The van der Waals surface area contributed by atoms with Gasteiger partial charge in [0.25, 0.3) is 0 Å². The van der Waals surface area contributed by atoms with Crippen LogP contribution in [0.5, 0.6) is 11.5 Å². The zero-order chi connectivity index (χ0) is 12.1. The molecule has 0 aliphatic carbocycles. The Morgan fingerprint density at radius 1 is 1.24 bits per heavy atom. The van der Waals surface area contributed by atoms with Crippen molar-refractivity contribution >= 4 is 0 Å². The molecule has 2 aromatic rings. The molecule has 1 N–H and O–H groups in total. The highest BCUT2D eigenvalue weighted by atomic mass is 16.5. The SMILES string of the molecule is CNCOc1cnn(-c2ccc(OC)cc2)c1. The number of hydrogen-bond acceptors (Lipinski definition) is 4. The van der Waals surface area contributed by atoms with E-state index < -0.39 is 0 Å². The number of hydrogen-bond donors (Lipinski definition) is 1. The van der Waals surface area contributed by atoms with Crippen molar-refractivity contribution in [2.45, 2.75) is 0 Å². The lowest BCUT2D eigenvalue weighted by atomic mass is 10.3. The summed E-state index contributed by atoms with van der Waals surface area (Å²) in [6, 6.07) is 7.66. The lowest BCUT2D eigenvalue weighted by molar-refractivity contribution is 0.296. The van der Waals surface area contributed by atoms with Crippen LogP contribution in [0, 0.1) is 0 Å². The number of nitrogens with zero attached hydrogens (tertiary/aromatic N) is 2. The van der Waals surface area contributed by atoms with E-state index in [2.05, 4.69) is 10.4 Å². The maximum absolute atomic E-state index is 5.38. The lowest BCUT2D eigenvalue weighted by Crippen LogP contribution is -2.13. The first-order chi connectivity index (χ1) is 8.33. The number of ether oxygens (including phenoxy) is 2. The van der Waals surface area contributed by atoms with Gasteiger partial charge < -0.3 is 9.47 Å². The Balaban J connectivity index is 2.12. The van der Waals surface area contributed by atoms with Crippen LogP contribution >= 0.6 is 0 Å². The van der Waals surface area contributed by atoms with Gasteiger partial charge in [-0.15, -0.1) is 0 Å². The fourth-order valence-electron chi connectivity index (χ4n) is 1.41. The molecule has 0 spiro atoms. The lowest BCUT2D eigenvalue weighted by Gasteiger charge is -2.03. The van der Waals surface area contributed by atoms with Gasteiger partial charge in [-0.3, -0.25) is 5.32 Å². The van der Waals surface area contributed by atoms with Gasteiger partial charge in [0.15, 0.2) is 5.75 Å². The molecule has 0 atom stereocenters. The third-order valence-electron chi connectivity index (χ3n) is 2.28. The fraction of sp³-hybridized carbons (Fsp3) is 0.250. The zero-order valence-electron chi connectivity index (χ0n) is 9.88. The van der Waals surface area contributed by atoms with Crippen molar-refractivity contribution < 1.29 is 9.47 Å². The van der Waals surface area contributed by atoms with Crippen LogP contribution in [0.3, 0.4) is 0 Å². The van der Waals surface area contributed by atoms with E-state index in [4.69, 9.17) is 9.47 Å². The number of methoxy groups -OCH3 is 1. The van der Waals surface area contributed by atoms with E-state index in [1.54, 1.807) is 18.0 Å². The van der Waals surface area contributed by atoms with E-state index in [-0.39, 0.29) is 0 Å². The number of rotatable bonds is 5. The monoisotopic (exact) mass is 233 g/mol. The summed E-state index contributed by atoms with van der Waals surface area (Å²) in [5.74, 6) is 1.56. The van der Waals surface area contributed by atoms with Crippen LogP contribution in [0.25, 0.3) is 5.69 Å². The van der Waals surface area contributed by atoms with Crippen molar-refractivity contribution in [1.29, 1.82) is 0 Å². The largest absolute Gasteiger partial charge is 0.497 e. The summed E-state index contributed by atoms with van der Waals surface area (Å²) >= 11 is 0. The van der Waals surface area contributed by atoms with E-state index in [9.17, 15) is 0 Å². The number of benzene rings is 1. The van der Waals surface area contributed by atoms with Gasteiger partial charge in [-0.2, -0.15) is 5.10 Å². The third kappa shape index (κ3) is 2.76. The first-order valence-corrected chi connectivity index (χ1v) is 5.30. The van der Waals surface area contributed by atoms with Crippen LogP contribution in [0.15, 0.2) is 36.7 Å². The van der Waals surface area contributed by atoms with Crippen molar-refractivity contribution in [3.63, 3.8) is 0 Å². The minimum atomic E-state index is 0.467. The molecule has 0 aliphatic rings. The molecule has 0 radical (unpaired) electrons. The smallest absolute Gasteiger partial charge is 0.159 e. The van der Waals surface area contributed by atoms with Crippen molar-refractivity contribution in [2.75, 3.05) is 20.9 Å². The van der Waals surface area contributed by atoms with E-state index in [1.807, 2.05) is 37.5 Å². The Labute approximate surface area is 100.0 Å².